The summed E-state index contributed by atoms with van der Waals surface area (Å²) in [5.74, 6) is 0. The van der Waals surface area contributed by atoms with Gasteiger partial charge >= 0.3 is 0 Å². The molecule has 0 bridgehead atoms. The van der Waals surface area contributed by atoms with Crippen molar-refractivity contribution < 1.29 is 5.11 Å². The Kier molecular flexibility index (Phi) is 5.23. The molecule has 0 aliphatic carbocycles. The molecule has 0 amide bonds. The Labute approximate surface area is 124 Å². The summed E-state index contributed by atoms with van der Waals surface area (Å²) in [7, 11) is 1.95. The molecular weight excluding hydrogens is 264 g/mol. The van der Waals surface area contributed by atoms with E-state index < -0.39 is 0 Å². The average Bonchev–Trinajstić information content (AvgIpc) is 2.54. The fraction of sp³-hybridized carbons (Fsp3) is 0.176. The van der Waals surface area contributed by atoms with E-state index in [1.54, 1.807) is 12.1 Å². The van der Waals surface area contributed by atoms with E-state index in [-0.39, 0.29) is 6.61 Å². The van der Waals surface area contributed by atoms with Gasteiger partial charge in [0.25, 0.3) is 0 Å². The number of aliphatic hydroxyl groups excluding tert-OH is 1. The number of nitroso groups, excluding NO2 is 1. The molecule has 108 valence electrons. The summed E-state index contributed by atoms with van der Waals surface area (Å²) in [6.45, 7) is 0.760. The molecule has 21 heavy (non-hydrogen) atoms. The number of hydrogen-bond donors (Lipinski definition) is 1. The molecule has 0 aliphatic heterocycles. The number of anilines is 1. The van der Waals surface area contributed by atoms with Crippen LogP contribution >= 0.6 is 0 Å². The highest BCUT2D eigenvalue weighted by molar-refractivity contribution is 5.71. The molecule has 4 nitrogen and oxygen atoms in total. The molecule has 2 rings (SSSR count). The van der Waals surface area contributed by atoms with Crippen molar-refractivity contribution in [3.05, 3.63) is 64.6 Å². The maximum Gasteiger partial charge on any atom is 0.108 e. The molecule has 0 fully saturated rings. The first kappa shape index (κ1) is 14.9. The number of likely N-dealkylation sites (N-methyl/N-ethyl adjacent to an activating group) is 1. The third kappa shape index (κ3) is 4.26. The highest BCUT2D eigenvalue weighted by Crippen LogP contribution is 2.17. The van der Waals surface area contributed by atoms with Crippen LogP contribution in [0.1, 0.15) is 11.1 Å². The quantitative estimate of drug-likeness (QED) is 0.649. The lowest BCUT2D eigenvalue weighted by molar-refractivity contribution is 0.304. The van der Waals surface area contributed by atoms with Crippen LogP contribution in [0.4, 0.5) is 11.4 Å². The average molecular weight is 282 g/mol. The van der Waals surface area contributed by atoms with Gasteiger partial charge < -0.3 is 10.0 Å². The molecule has 2 aromatic carbocycles. The minimum Gasteiger partial charge on any atom is -0.395 e. The van der Waals surface area contributed by atoms with E-state index in [0.717, 1.165) is 16.8 Å². The number of aliphatic hydroxyl groups is 1. The Morgan fingerprint density at radius 2 is 1.52 bits per heavy atom. The van der Waals surface area contributed by atoms with E-state index >= 15 is 0 Å². The maximum atomic E-state index is 10.3. The molecule has 0 saturated heterocycles. The van der Waals surface area contributed by atoms with Crippen LogP contribution in [0.5, 0.6) is 0 Å². The van der Waals surface area contributed by atoms with E-state index in [1.165, 1.54) is 0 Å². The Morgan fingerprint density at radius 1 is 1.00 bits per heavy atom. The second kappa shape index (κ2) is 7.36. The van der Waals surface area contributed by atoms with Crippen molar-refractivity contribution in [2.75, 3.05) is 25.1 Å². The summed E-state index contributed by atoms with van der Waals surface area (Å²) in [5, 5.41) is 11.8. The fourth-order valence-electron chi connectivity index (χ4n) is 1.96. The lowest BCUT2D eigenvalue weighted by atomic mass is 10.1. The zero-order valence-electron chi connectivity index (χ0n) is 11.9. The molecule has 0 aliphatic rings. The molecule has 0 saturated carbocycles. The fourth-order valence-corrected chi connectivity index (χ4v) is 1.96. The number of rotatable bonds is 6. The standard InChI is InChI=1S/C17H18N2O2/c1-19(12-13-20)17-10-6-15(7-11-17)3-2-14-4-8-16(18-21)9-5-14/h2-11,20H,12-13H2,1H3/b3-2+. The van der Waals surface area contributed by atoms with Gasteiger partial charge in [0.1, 0.15) is 5.69 Å². The number of nitrogens with zero attached hydrogens (tertiary/aromatic N) is 2. The van der Waals surface area contributed by atoms with Crippen molar-refractivity contribution in [1.82, 2.24) is 0 Å². The van der Waals surface area contributed by atoms with Gasteiger partial charge in [0, 0.05) is 19.3 Å². The zero-order chi connectivity index (χ0) is 15.1. The van der Waals surface area contributed by atoms with Gasteiger partial charge in [-0.15, -0.1) is 4.91 Å². The number of hydrogen-bond acceptors (Lipinski definition) is 4. The van der Waals surface area contributed by atoms with Crippen LogP contribution in [-0.4, -0.2) is 25.3 Å². The molecule has 0 unspecified atom stereocenters. The van der Waals surface area contributed by atoms with Gasteiger partial charge in [0.05, 0.1) is 6.61 Å². The molecular formula is C17H18N2O2. The normalized spacial score (nSPS) is 10.8. The predicted molar refractivity (Wildman–Crippen MR) is 87.6 cm³/mol. The van der Waals surface area contributed by atoms with E-state index in [0.29, 0.717) is 12.2 Å². The highest BCUT2D eigenvalue weighted by Gasteiger charge is 1.98. The lowest BCUT2D eigenvalue weighted by Crippen LogP contribution is -2.20. The Bertz CT molecular complexity index is 604. The number of benzene rings is 2. The van der Waals surface area contributed by atoms with Gasteiger partial charge in [0.2, 0.25) is 0 Å². The maximum absolute atomic E-state index is 10.3. The third-order valence-electron chi connectivity index (χ3n) is 3.24. The summed E-state index contributed by atoms with van der Waals surface area (Å²) >= 11 is 0. The topological polar surface area (TPSA) is 52.9 Å². The van der Waals surface area contributed by atoms with Crippen molar-refractivity contribution in [3.8, 4) is 0 Å². The van der Waals surface area contributed by atoms with Crippen LogP contribution in [0.15, 0.2) is 53.7 Å². The van der Waals surface area contributed by atoms with Gasteiger partial charge in [0.15, 0.2) is 0 Å². The Morgan fingerprint density at radius 3 is 2.00 bits per heavy atom. The Hall–Kier alpha value is -2.46. The van der Waals surface area contributed by atoms with Crippen LogP contribution < -0.4 is 4.90 Å². The largest absolute Gasteiger partial charge is 0.395 e. The van der Waals surface area contributed by atoms with Gasteiger partial charge in [-0.1, -0.05) is 36.4 Å². The van der Waals surface area contributed by atoms with Crippen LogP contribution in [0.2, 0.25) is 0 Å². The van der Waals surface area contributed by atoms with Crippen LogP contribution in [0, 0.1) is 4.91 Å². The van der Waals surface area contributed by atoms with Crippen molar-refractivity contribution >= 4 is 23.5 Å². The second-order valence-corrected chi connectivity index (χ2v) is 4.75. The van der Waals surface area contributed by atoms with Crippen molar-refractivity contribution in [2.24, 2.45) is 5.18 Å². The molecule has 0 atom stereocenters. The van der Waals surface area contributed by atoms with Crippen molar-refractivity contribution in [1.29, 1.82) is 0 Å². The molecule has 1 N–H and O–H groups in total. The lowest BCUT2D eigenvalue weighted by Gasteiger charge is -2.17. The monoisotopic (exact) mass is 282 g/mol. The summed E-state index contributed by atoms with van der Waals surface area (Å²) < 4.78 is 0. The second-order valence-electron chi connectivity index (χ2n) is 4.75. The smallest absolute Gasteiger partial charge is 0.108 e. The van der Waals surface area contributed by atoms with E-state index in [4.69, 9.17) is 5.11 Å². The van der Waals surface area contributed by atoms with Gasteiger partial charge in [-0.3, -0.25) is 0 Å². The first-order chi connectivity index (χ1) is 10.2. The predicted octanol–water partition coefficient (Wildman–Crippen LogP) is 3.68. The first-order valence-electron chi connectivity index (χ1n) is 6.76. The van der Waals surface area contributed by atoms with Crippen molar-refractivity contribution in [3.63, 3.8) is 0 Å². The third-order valence-corrected chi connectivity index (χ3v) is 3.24. The van der Waals surface area contributed by atoms with E-state index in [9.17, 15) is 4.91 Å². The molecule has 0 spiro atoms. The molecule has 4 heteroatoms. The zero-order valence-corrected chi connectivity index (χ0v) is 11.9. The summed E-state index contributed by atoms with van der Waals surface area (Å²) in [4.78, 5) is 12.3. The minimum absolute atomic E-state index is 0.143. The molecule has 0 aromatic heterocycles. The van der Waals surface area contributed by atoms with Gasteiger partial charge in [-0.25, -0.2) is 0 Å². The van der Waals surface area contributed by atoms with Crippen LogP contribution in [-0.2, 0) is 0 Å². The molecule has 0 radical (unpaired) electrons. The van der Waals surface area contributed by atoms with Crippen LogP contribution in [0.25, 0.3) is 12.2 Å². The first-order valence-corrected chi connectivity index (χ1v) is 6.76. The van der Waals surface area contributed by atoms with Crippen LogP contribution in [0.3, 0.4) is 0 Å². The highest BCUT2D eigenvalue weighted by atomic mass is 16.3. The summed E-state index contributed by atoms with van der Waals surface area (Å²) in [6, 6.07) is 15.2. The molecule has 2 aromatic rings. The SMILES string of the molecule is CN(CCO)c1ccc(/C=C/c2ccc(N=O)cc2)cc1. The summed E-state index contributed by atoms with van der Waals surface area (Å²) in [6.07, 6.45) is 4.00. The van der Waals surface area contributed by atoms with E-state index in [1.807, 2.05) is 60.5 Å². The summed E-state index contributed by atoms with van der Waals surface area (Å²) in [5.41, 5.74) is 3.61. The van der Waals surface area contributed by atoms with Gasteiger partial charge in [-0.05, 0) is 40.6 Å². The van der Waals surface area contributed by atoms with E-state index in [2.05, 4.69) is 5.18 Å². The minimum atomic E-state index is 0.143. The molecule has 0 heterocycles. The van der Waals surface area contributed by atoms with Crippen molar-refractivity contribution in [2.45, 2.75) is 0 Å². The Balaban J connectivity index is 2.05. The van der Waals surface area contributed by atoms with Gasteiger partial charge in [-0.2, -0.15) is 0 Å².